The second kappa shape index (κ2) is 14.2. The molecule has 0 N–H and O–H groups in total. The minimum atomic E-state index is -4.35. The zero-order valence-electron chi connectivity index (χ0n) is 18.3. The lowest BCUT2D eigenvalue weighted by molar-refractivity contribution is 0.375. The summed E-state index contributed by atoms with van der Waals surface area (Å²) in [6.07, 6.45) is 17.2. The van der Waals surface area contributed by atoms with Crippen LogP contribution in [0.5, 0.6) is 0 Å². The van der Waals surface area contributed by atoms with Gasteiger partial charge in [-0.05, 0) is 36.0 Å². The number of benzene rings is 1. The highest BCUT2D eigenvalue weighted by atomic mass is 32.2. The molecule has 0 saturated heterocycles. The smallest absolute Gasteiger partial charge is 0.124 e. The van der Waals surface area contributed by atoms with Crippen molar-refractivity contribution in [3.63, 3.8) is 0 Å². The molecule has 2 atom stereocenters. The molecule has 0 amide bonds. The van der Waals surface area contributed by atoms with Gasteiger partial charge < -0.3 is 4.55 Å². The van der Waals surface area contributed by atoms with Crippen LogP contribution < -0.4 is 0 Å². The van der Waals surface area contributed by atoms with Crippen molar-refractivity contribution in [2.45, 2.75) is 115 Å². The molecule has 1 rings (SSSR count). The van der Waals surface area contributed by atoms with Gasteiger partial charge >= 0.3 is 0 Å². The van der Waals surface area contributed by atoms with Gasteiger partial charge in [0.25, 0.3) is 0 Å². The van der Waals surface area contributed by atoms with Crippen LogP contribution in [0.3, 0.4) is 0 Å². The van der Waals surface area contributed by atoms with E-state index in [4.69, 9.17) is 0 Å². The quantitative estimate of drug-likeness (QED) is 0.211. The normalized spacial score (nSPS) is 14.1. The van der Waals surface area contributed by atoms with Gasteiger partial charge in [-0.1, -0.05) is 110 Å². The Hall–Kier alpha value is -0.870. The Morgan fingerprint density at radius 1 is 0.750 bits per heavy atom. The number of unbranched alkanes of at least 4 members (excludes halogenated alkanes) is 6. The monoisotopic (exact) mass is 409 g/mol. The van der Waals surface area contributed by atoms with Crippen molar-refractivity contribution < 1.29 is 13.0 Å². The predicted molar refractivity (Wildman–Crippen MR) is 118 cm³/mol. The van der Waals surface area contributed by atoms with Crippen molar-refractivity contribution >= 4 is 10.1 Å². The first kappa shape index (κ1) is 25.2. The molecule has 1 aromatic rings. The minimum Gasteiger partial charge on any atom is -0.744 e. The van der Waals surface area contributed by atoms with Gasteiger partial charge in [0.2, 0.25) is 0 Å². The van der Waals surface area contributed by atoms with Crippen molar-refractivity contribution in [1.29, 1.82) is 0 Å². The van der Waals surface area contributed by atoms with E-state index in [-0.39, 0.29) is 4.90 Å². The van der Waals surface area contributed by atoms with E-state index >= 15 is 0 Å². The topological polar surface area (TPSA) is 57.2 Å². The summed E-state index contributed by atoms with van der Waals surface area (Å²) in [7, 11) is -4.35. The zero-order chi connectivity index (χ0) is 20.8. The van der Waals surface area contributed by atoms with Crippen LogP contribution in [-0.2, 0) is 10.1 Å². The van der Waals surface area contributed by atoms with E-state index in [0.717, 1.165) is 17.9 Å². The maximum Gasteiger partial charge on any atom is 0.124 e. The van der Waals surface area contributed by atoms with Crippen molar-refractivity contribution in [1.82, 2.24) is 0 Å². The van der Waals surface area contributed by atoms with Gasteiger partial charge in [-0.3, -0.25) is 0 Å². The summed E-state index contributed by atoms with van der Waals surface area (Å²) < 4.78 is 33.1. The van der Waals surface area contributed by atoms with Gasteiger partial charge in [-0.15, -0.1) is 0 Å². The van der Waals surface area contributed by atoms with Crippen LogP contribution in [0.15, 0.2) is 29.2 Å². The molecule has 0 heterocycles. The minimum absolute atomic E-state index is 0.138. The second-order valence-corrected chi connectivity index (χ2v) is 9.80. The molecule has 0 fully saturated rings. The van der Waals surface area contributed by atoms with Crippen LogP contribution in [0.1, 0.15) is 116 Å². The molecule has 0 saturated carbocycles. The number of hydrogen-bond donors (Lipinski definition) is 0. The van der Waals surface area contributed by atoms with Crippen molar-refractivity contribution in [3.8, 4) is 0 Å². The first-order valence-corrected chi connectivity index (χ1v) is 12.8. The van der Waals surface area contributed by atoms with E-state index in [0.29, 0.717) is 5.92 Å². The predicted octanol–water partition coefficient (Wildman–Crippen LogP) is 7.42. The third-order valence-electron chi connectivity index (χ3n) is 5.90. The van der Waals surface area contributed by atoms with Crippen LogP contribution in [0.4, 0.5) is 0 Å². The maximum absolute atomic E-state index is 11.0. The van der Waals surface area contributed by atoms with Crippen LogP contribution in [0.25, 0.3) is 0 Å². The van der Waals surface area contributed by atoms with E-state index in [1.54, 1.807) is 12.1 Å². The Bertz CT molecular complexity index is 607. The SMILES string of the molecule is CCCCCCCCCC(CCC)CCCC(C)c1ccc(S(=O)(=O)[O-])cc1. The number of hydrogen-bond acceptors (Lipinski definition) is 3. The lowest BCUT2D eigenvalue weighted by Crippen LogP contribution is -2.03. The van der Waals surface area contributed by atoms with Crippen LogP contribution in [-0.4, -0.2) is 13.0 Å². The molecule has 0 aliphatic heterocycles. The van der Waals surface area contributed by atoms with Gasteiger partial charge in [-0.25, -0.2) is 8.42 Å². The molecule has 1 aromatic carbocycles. The molecule has 2 unspecified atom stereocenters. The molecule has 4 heteroatoms. The summed E-state index contributed by atoms with van der Waals surface area (Å²) in [5.74, 6) is 1.24. The summed E-state index contributed by atoms with van der Waals surface area (Å²) in [6, 6.07) is 6.46. The molecule has 28 heavy (non-hydrogen) atoms. The maximum atomic E-state index is 11.0. The fraction of sp³-hybridized carbons (Fsp3) is 0.750. The third-order valence-corrected chi connectivity index (χ3v) is 6.75. The first-order valence-electron chi connectivity index (χ1n) is 11.4. The largest absolute Gasteiger partial charge is 0.744 e. The Morgan fingerprint density at radius 3 is 1.89 bits per heavy atom. The summed E-state index contributed by atoms with van der Waals surface area (Å²) in [5.41, 5.74) is 1.12. The van der Waals surface area contributed by atoms with E-state index in [9.17, 15) is 13.0 Å². The molecule has 0 aliphatic carbocycles. The molecule has 0 radical (unpaired) electrons. The number of rotatable bonds is 16. The standard InChI is InChI=1S/C24H42O3S/c1-4-6-7-8-9-10-11-15-22(13-5-2)16-12-14-21(3)23-17-19-24(20-18-23)28(25,26)27/h17-22H,4-16H2,1-3H3,(H,25,26,27)/p-1. The summed E-state index contributed by atoms with van der Waals surface area (Å²) in [5, 5.41) is 0. The van der Waals surface area contributed by atoms with Crippen molar-refractivity contribution in [2.75, 3.05) is 0 Å². The van der Waals surface area contributed by atoms with Gasteiger partial charge in [-0.2, -0.15) is 0 Å². The highest BCUT2D eigenvalue weighted by Gasteiger charge is 2.11. The molecule has 0 spiro atoms. The second-order valence-electron chi connectivity index (χ2n) is 8.42. The van der Waals surface area contributed by atoms with E-state index in [2.05, 4.69) is 20.8 Å². The Balaban J connectivity index is 2.31. The van der Waals surface area contributed by atoms with E-state index < -0.39 is 10.1 Å². The average molecular weight is 410 g/mol. The molecular formula is C24H41O3S-. The van der Waals surface area contributed by atoms with Gasteiger partial charge in [0.15, 0.2) is 0 Å². The fourth-order valence-corrected chi connectivity index (χ4v) is 4.54. The highest BCUT2D eigenvalue weighted by molar-refractivity contribution is 7.85. The lowest BCUT2D eigenvalue weighted by Gasteiger charge is -2.18. The van der Waals surface area contributed by atoms with Gasteiger partial charge in [0.1, 0.15) is 10.1 Å². The first-order chi connectivity index (χ1) is 13.4. The highest BCUT2D eigenvalue weighted by Crippen LogP contribution is 2.27. The lowest BCUT2D eigenvalue weighted by atomic mass is 9.88. The Labute approximate surface area is 174 Å². The average Bonchev–Trinajstić information content (AvgIpc) is 2.66. The van der Waals surface area contributed by atoms with Crippen LogP contribution >= 0.6 is 0 Å². The van der Waals surface area contributed by atoms with Gasteiger partial charge in [0.05, 0.1) is 4.90 Å². The van der Waals surface area contributed by atoms with Gasteiger partial charge in [0, 0.05) is 0 Å². The third kappa shape index (κ3) is 10.6. The molecule has 0 aromatic heterocycles. The Morgan fingerprint density at radius 2 is 1.32 bits per heavy atom. The molecule has 0 aliphatic rings. The molecule has 3 nitrogen and oxygen atoms in total. The molecular weight excluding hydrogens is 368 g/mol. The zero-order valence-corrected chi connectivity index (χ0v) is 19.1. The van der Waals surface area contributed by atoms with E-state index in [1.165, 1.54) is 89.2 Å². The Kier molecular flexibility index (Phi) is 12.7. The summed E-state index contributed by atoms with van der Waals surface area (Å²) in [6.45, 7) is 6.74. The van der Waals surface area contributed by atoms with Crippen LogP contribution in [0.2, 0.25) is 0 Å². The van der Waals surface area contributed by atoms with Crippen LogP contribution in [0, 0.1) is 5.92 Å². The van der Waals surface area contributed by atoms with Crippen molar-refractivity contribution in [2.24, 2.45) is 5.92 Å². The summed E-state index contributed by atoms with van der Waals surface area (Å²) in [4.78, 5) is -0.138. The molecule has 162 valence electrons. The van der Waals surface area contributed by atoms with Crippen molar-refractivity contribution in [3.05, 3.63) is 29.8 Å². The molecule has 0 bridgehead atoms. The van der Waals surface area contributed by atoms with E-state index in [1.807, 2.05) is 0 Å². The summed E-state index contributed by atoms with van der Waals surface area (Å²) >= 11 is 0. The fourth-order valence-electron chi connectivity index (χ4n) is 4.07.